The number of unbranched alkanes of at least 4 members (excludes halogenated alkanes) is 4. The van der Waals surface area contributed by atoms with Gasteiger partial charge in [-0.15, -0.1) is 0 Å². The van der Waals surface area contributed by atoms with Crippen LogP contribution < -0.4 is 5.73 Å². The molecule has 0 spiro atoms. The fraction of sp³-hybridized carbons (Fsp3) is 0.889. The summed E-state index contributed by atoms with van der Waals surface area (Å²) in [6, 6.07) is 0. The first-order valence-electron chi connectivity index (χ1n) is 4.59. The molecule has 0 aliphatic rings. The Hall–Kier alpha value is 0.360. The average molecular weight is 283 g/mol. The van der Waals surface area contributed by atoms with Crippen molar-refractivity contribution in [3.05, 3.63) is 0 Å². The van der Waals surface area contributed by atoms with Gasteiger partial charge in [-0.2, -0.15) is 0 Å². The molecule has 0 fully saturated rings. The van der Waals surface area contributed by atoms with Crippen LogP contribution in [-0.4, -0.2) is 16.8 Å². The molecule has 0 aromatic rings. The summed E-state index contributed by atoms with van der Waals surface area (Å²) in [5.41, 5.74) is 5.36. The van der Waals surface area contributed by atoms with E-state index in [-0.39, 0.29) is 0 Å². The van der Waals surface area contributed by atoms with E-state index in [1.165, 1.54) is 19.3 Å². The first-order chi connectivity index (χ1) is 5.81. The normalized spacial score (nSPS) is 10.2. The van der Waals surface area contributed by atoms with Gasteiger partial charge in [0, 0.05) is 6.42 Å². The van der Waals surface area contributed by atoms with Gasteiger partial charge in [0.05, 0.1) is 4.43 Å². The number of rotatable bonds is 8. The molecule has 0 atom stereocenters. The van der Waals surface area contributed by atoms with Crippen molar-refractivity contribution < 1.29 is 4.79 Å². The number of ketones is 1. The second kappa shape index (κ2) is 9.45. The summed E-state index contributed by atoms with van der Waals surface area (Å²) in [7, 11) is 0. The second-order valence-electron chi connectivity index (χ2n) is 2.98. The Bertz CT molecular complexity index is 117. The van der Waals surface area contributed by atoms with Crippen molar-refractivity contribution in [2.24, 2.45) is 5.73 Å². The molecule has 0 rings (SSSR count). The van der Waals surface area contributed by atoms with Crippen molar-refractivity contribution in [1.82, 2.24) is 0 Å². The third-order valence-corrected chi connectivity index (χ3v) is 2.66. The van der Waals surface area contributed by atoms with E-state index in [0.29, 0.717) is 10.2 Å². The minimum Gasteiger partial charge on any atom is -0.330 e. The van der Waals surface area contributed by atoms with Gasteiger partial charge in [0.1, 0.15) is 5.78 Å². The Morgan fingerprint density at radius 1 is 1.08 bits per heavy atom. The van der Waals surface area contributed by atoms with Gasteiger partial charge < -0.3 is 5.73 Å². The maximum atomic E-state index is 10.9. The molecule has 0 saturated carbocycles. The summed E-state index contributed by atoms with van der Waals surface area (Å²) in [6.45, 7) is 0.798. The molecule has 0 bridgehead atoms. The van der Waals surface area contributed by atoms with Crippen LogP contribution in [0, 0.1) is 0 Å². The fourth-order valence-electron chi connectivity index (χ4n) is 1.06. The van der Waals surface area contributed by atoms with E-state index in [1.54, 1.807) is 0 Å². The number of carbonyl (C=O) groups is 1. The van der Waals surface area contributed by atoms with Crippen LogP contribution in [0.25, 0.3) is 0 Å². The Labute approximate surface area is 88.4 Å². The fourth-order valence-corrected chi connectivity index (χ4v) is 1.45. The van der Waals surface area contributed by atoms with Gasteiger partial charge in [-0.1, -0.05) is 41.9 Å². The maximum absolute atomic E-state index is 10.9. The summed E-state index contributed by atoms with van der Waals surface area (Å²) >= 11 is 2.12. The van der Waals surface area contributed by atoms with E-state index >= 15 is 0 Å². The average Bonchev–Trinajstić information content (AvgIpc) is 2.10. The predicted molar refractivity (Wildman–Crippen MR) is 60.7 cm³/mol. The predicted octanol–water partition coefficient (Wildman–Crippen LogP) is 2.29. The minimum absolute atomic E-state index is 0.384. The molecular weight excluding hydrogens is 265 g/mol. The number of Topliss-reactive ketones (excluding diaryl/α,β-unsaturated/α-hetero) is 1. The highest BCUT2D eigenvalue weighted by atomic mass is 127. The zero-order valence-corrected chi connectivity index (χ0v) is 9.68. The molecule has 0 unspecified atom stereocenters. The molecule has 2 N–H and O–H groups in total. The van der Waals surface area contributed by atoms with Gasteiger partial charge in [-0.3, -0.25) is 4.79 Å². The Balaban J connectivity index is 2.95. The first kappa shape index (κ1) is 12.4. The van der Waals surface area contributed by atoms with E-state index in [2.05, 4.69) is 22.6 Å². The van der Waals surface area contributed by atoms with Gasteiger partial charge in [0.2, 0.25) is 0 Å². The van der Waals surface area contributed by atoms with Gasteiger partial charge in [-0.05, 0) is 19.4 Å². The van der Waals surface area contributed by atoms with Crippen LogP contribution in [0.4, 0.5) is 0 Å². The number of hydrogen-bond donors (Lipinski definition) is 1. The third kappa shape index (κ3) is 8.46. The molecule has 0 aromatic carbocycles. The lowest BCUT2D eigenvalue weighted by Gasteiger charge is -1.98. The van der Waals surface area contributed by atoms with Crippen LogP contribution in [0.1, 0.15) is 38.5 Å². The first-order valence-corrected chi connectivity index (χ1v) is 6.11. The lowest BCUT2D eigenvalue weighted by Crippen LogP contribution is -1.99. The highest BCUT2D eigenvalue weighted by Crippen LogP contribution is 2.05. The molecule has 0 saturated heterocycles. The third-order valence-electron chi connectivity index (χ3n) is 1.81. The van der Waals surface area contributed by atoms with Crippen LogP contribution >= 0.6 is 22.6 Å². The zero-order valence-electron chi connectivity index (χ0n) is 7.52. The molecule has 2 nitrogen and oxygen atoms in total. The van der Waals surface area contributed by atoms with Crippen LogP contribution in [0.2, 0.25) is 0 Å². The zero-order chi connectivity index (χ0) is 9.23. The molecule has 0 aromatic heterocycles. The molecule has 0 heterocycles. The summed E-state index contributed by atoms with van der Waals surface area (Å²) in [4.78, 5) is 10.9. The standard InChI is InChI=1S/C9H18INO/c10-8-9(12)6-4-2-1-3-5-7-11/h1-8,11H2. The van der Waals surface area contributed by atoms with Crippen molar-refractivity contribution in [2.45, 2.75) is 38.5 Å². The smallest absolute Gasteiger partial charge is 0.142 e. The topological polar surface area (TPSA) is 43.1 Å². The summed E-state index contributed by atoms with van der Waals surface area (Å²) < 4.78 is 0.667. The van der Waals surface area contributed by atoms with Crippen LogP contribution in [-0.2, 0) is 4.79 Å². The van der Waals surface area contributed by atoms with Crippen LogP contribution in [0.5, 0.6) is 0 Å². The largest absolute Gasteiger partial charge is 0.330 e. The number of halogens is 1. The molecular formula is C9H18INO. The van der Waals surface area contributed by atoms with E-state index in [1.807, 2.05) is 0 Å². The van der Waals surface area contributed by atoms with Crippen molar-refractivity contribution in [1.29, 1.82) is 0 Å². The highest BCUT2D eigenvalue weighted by Gasteiger charge is 1.97. The molecule has 0 radical (unpaired) electrons. The van der Waals surface area contributed by atoms with Crippen LogP contribution in [0.3, 0.4) is 0 Å². The van der Waals surface area contributed by atoms with Crippen molar-refractivity contribution in [2.75, 3.05) is 11.0 Å². The molecule has 0 aliphatic heterocycles. The summed E-state index contributed by atoms with van der Waals surface area (Å²) in [6.07, 6.45) is 6.58. The number of hydrogen-bond acceptors (Lipinski definition) is 2. The summed E-state index contributed by atoms with van der Waals surface area (Å²) in [5, 5.41) is 0. The highest BCUT2D eigenvalue weighted by molar-refractivity contribution is 14.1. The Kier molecular flexibility index (Phi) is 9.73. The number of nitrogens with two attached hydrogens (primary N) is 1. The van der Waals surface area contributed by atoms with Gasteiger partial charge in [0.15, 0.2) is 0 Å². The van der Waals surface area contributed by atoms with Gasteiger partial charge in [0.25, 0.3) is 0 Å². The van der Waals surface area contributed by atoms with E-state index < -0.39 is 0 Å². The second-order valence-corrected chi connectivity index (χ2v) is 3.74. The van der Waals surface area contributed by atoms with Gasteiger partial charge >= 0.3 is 0 Å². The summed E-state index contributed by atoms with van der Waals surface area (Å²) in [5.74, 6) is 0.384. The SMILES string of the molecule is NCCCCCCCC(=O)CI. The van der Waals surface area contributed by atoms with Gasteiger partial charge in [-0.25, -0.2) is 0 Å². The molecule has 12 heavy (non-hydrogen) atoms. The molecule has 3 heteroatoms. The molecule has 72 valence electrons. The monoisotopic (exact) mass is 283 g/mol. The van der Waals surface area contributed by atoms with E-state index in [0.717, 1.165) is 25.8 Å². The minimum atomic E-state index is 0.384. The van der Waals surface area contributed by atoms with E-state index in [4.69, 9.17) is 5.73 Å². The quantitative estimate of drug-likeness (QED) is 0.422. The Morgan fingerprint density at radius 2 is 1.67 bits per heavy atom. The lowest BCUT2D eigenvalue weighted by atomic mass is 10.1. The molecule has 0 amide bonds. The van der Waals surface area contributed by atoms with Crippen molar-refractivity contribution in [3.8, 4) is 0 Å². The molecule has 0 aliphatic carbocycles. The van der Waals surface area contributed by atoms with Crippen LogP contribution in [0.15, 0.2) is 0 Å². The van der Waals surface area contributed by atoms with E-state index in [9.17, 15) is 4.79 Å². The lowest BCUT2D eigenvalue weighted by molar-refractivity contribution is -0.116. The number of carbonyl (C=O) groups excluding carboxylic acids is 1. The van der Waals surface area contributed by atoms with Crippen molar-refractivity contribution >= 4 is 28.4 Å². The maximum Gasteiger partial charge on any atom is 0.142 e. The number of alkyl halides is 1. The van der Waals surface area contributed by atoms with Crippen molar-refractivity contribution in [3.63, 3.8) is 0 Å². The Morgan fingerprint density at radius 3 is 2.25 bits per heavy atom.